The predicted octanol–water partition coefficient (Wildman–Crippen LogP) is 16.3. The summed E-state index contributed by atoms with van der Waals surface area (Å²) in [5, 5.41) is 23.4. The highest BCUT2D eigenvalue weighted by Crippen LogP contribution is 2.91. The van der Waals surface area contributed by atoms with Crippen molar-refractivity contribution in [3.05, 3.63) is 12.2 Å². The van der Waals surface area contributed by atoms with E-state index in [-0.39, 0.29) is 87.9 Å². The first-order valence-electron chi connectivity index (χ1n) is 36.8. The Bertz CT molecular complexity index is 2660. The van der Waals surface area contributed by atoms with Gasteiger partial charge >= 0.3 is 12.2 Å². The van der Waals surface area contributed by atoms with Crippen LogP contribution in [0.5, 0.6) is 0 Å². The second kappa shape index (κ2) is 21.1. The molecule has 4 saturated heterocycles. The van der Waals surface area contributed by atoms with Crippen molar-refractivity contribution in [2.45, 2.75) is 306 Å². The summed E-state index contributed by atoms with van der Waals surface area (Å²) < 4.78 is 34.7. The number of fused-ring (bicyclic) bond motifs is 8. The Morgan fingerprint density at radius 3 is 1.57 bits per heavy atom. The van der Waals surface area contributed by atoms with E-state index in [2.05, 4.69) is 117 Å². The largest absolute Gasteiger partial charge is 0.443 e. The third-order valence-corrected chi connectivity index (χ3v) is 37.6. The summed E-state index contributed by atoms with van der Waals surface area (Å²) in [5.41, 5.74) is 3.03. The molecule has 14 fully saturated rings. The number of hydrogen-bond donors (Lipinski definition) is 2. The van der Waals surface area contributed by atoms with Crippen LogP contribution in [0.2, 0.25) is 18.1 Å². The van der Waals surface area contributed by atoms with E-state index in [1.807, 2.05) is 11.8 Å². The summed E-state index contributed by atoms with van der Waals surface area (Å²) in [6.07, 6.45) is 19.5. The molecule has 2 amide bonds. The first-order chi connectivity index (χ1) is 40.9. The van der Waals surface area contributed by atoms with Gasteiger partial charge in [-0.15, -0.1) is 0 Å². The summed E-state index contributed by atoms with van der Waals surface area (Å²) >= 11 is 0. The standard InChI is InChI=1S/C41H69NO4Si.C34H55NO5/c1-12-47(13-2,14-3)46-35-34-32(27(6)24-29(44-34)33(26(4)5)45-36(43)42-22-15-23-42)38(10)20-21-41-25-40(41)19-18-28(7)37(8,9)30(40)16-17-31(41)39(35,38)11;1-19(2)26(40-29(38)35-15-8-16-35)21-17-20(3)25-27(39-21)28(37)32(7)23-10-9-22-30(4,5)24(36)11-12-33(22)18-34(23,33)14-13-31(25,32)6/h27-35H,4,12-25H2,1-3,5-11H3;19-28,36-37H,8-18H2,1-7H3/t27-,28+,29-,30+,31+,32+,33-,34+,35+,38-,39-,40?,41+;20-,21-,22+,23+,24+,25+,26-,27+,28+,31-,32-,33?,34+/m11/s1. The number of aliphatic hydroxyl groups excluding tert-OH is 2. The van der Waals surface area contributed by atoms with Crippen LogP contribution in [-0.2, 0) is 23.4 Å². The molecule has 492 valence electrons. The fourth-order valence-electron chi connectivity index (χ4n) is 27.2. The number of nitrogens with zero attached hydrogens (tertiary/aromatic N) is 2. The Kier molecular flexibility index (Phi) is 15.6. The van der Waals surface area contributed by atoms with Crippen LogP contribution in [0.1, 0.15) is 233 Å². The Balaban J connectivity index is 0.000000163. The number of likely N-dealkylation sites (tertiary alicyclic amines) is 2. The van der Waals surface area contributed by atoms with Crippen molar-refractivity contribution in [1.82, 2.24) is 9.80 Å². The first kappa shape index (κ1) is 64.0. The van der Waals surface area contributed by atoms with Crippen LogP contribution < -0.4 is 0 Å². The molecule has 0 bridgehead atoms. The van der Waals surface area contributed by atoms with E-state index in [4.69, 9.17) is 23.4 Å². The van der Waals surface area contributed by atoms with Crippen LogP contribution in [0.3, 0.4) is 0 Å². The van der Waals surface area contributed by atoms with E-state index in [1.165, 1.54) is 64.2 Å². The minimum Gasteiger partial charge on any atom is -0.443 e. The maximum Gasteiger partial charge on any atom is 0.410 e. The van der Waals surface area contributed by atoms with Gasteiger partial charge in [0.2, 0.25) is 0 Å². The third-order valence-electron chi connectivity index (χ3n) is 33.0. The first-order valence-corrected chi connectivity index (χ1v) is 39.3. The van der Waals surface area contributed by atoms with Gasteiger partial charge in [-0.05, 0) is 249 Å². The molecule has 26 atom stereocenters. The second-order valence-electron chi connectivity index (χ2n) is 36.3. The van der Waals surface area contributed by atoms with Gasteiger partial charge in [0.15, 0.2) is 14.4 Å². The Morgan fingerprint density at radius 1 is 0.598 bits per heavy atom. The fourth-order valence-corrected chi connectivity index (χ4v) is 30.1. The molecule has 4 spiro atoms. The Hall–Kier alpha value is -1.70. The zero-order valence-corrected chi connectivity index (χ0v) is 59.0. The minimum atomic E-state index is -1.97. The second-order valence-corrected chi connectivity index (χ2v) is 41.0. The van der Waals surface area contributed by atoms with Crippen molar-refractivity contribution in [2.75, 3.05) is 26.2 Å². The highest BCUT2D eigenvalue weighted by atomic mass is 28.4. The summed E-state index contributed by atoms with van der Waals surface area (Å²) in [5.74, 6) is 5.24. The van der Waals surface area contributed by atoms with Crippen LogP contribution in [0.4, 0.5) is 9.59 Å². The van der Waals surface area contributed by atoms with Gasteiger partial charge in [0.1, 0.15) is 6.10 Å². The smallest absolute Gasteiger partial charge is 0.410 e. The molecule has 10 saturated carbocycles. The van der Waals surface area contributed by atoms with Crippen molar-refractivity contribution in [3.63, 3.8) is 0 Å². The molecule has 0 aromatic rings. The quantitative estimate of drug-likeness (QED) is 0.154. The molecule has 11 nitrogen and oxygen atoms in total. The topological polar surface area (TPSA) is 127 Å². The summed E-state index contributed by atoms with van der Waals surface area (Å²) in [6.45, 7) is 48.5. The van der Waals surface area contributed by atoms with Gasteiger partial charge in [-0.1, -0.05) is 117 Å². The van der Waals surface area contributed by atoms with Crippen molar-refractivity contribution < 1.29 is 43.2 Å². The maximum absolute atomic E-state index is 13.1. The average Bonchev–Trinajstić information content (AvgIpc) is 1.47. The molecule has 0 radical (unpaired) electrons. The molecule has 0 aromatic carbocycles. The Morgan fingerprint density at radius 2 is 1.06 bits per heavy atom. The van der Waals surface area contributed by atoms with Gasteiger partial charge in [-0.25, -0.2) is 9.59 Å². The summed E-state index contributed by atoms with van der Waals surface area (Å²) in [7, 11) is -1.97. The van der Waals surface area contributed by atoms with Gasteiger partial charge in [0, 0.05) is 37.0 Å². The van der Waals surface area contributed by atoms with Gasteiger partial charge < -0.3 is 43.4 Å². The molecular weight excluding hydrogens is 1100 g/mol. The van der Waals surface area contributed by atoms with Crippen molar-refractivity contribution in [3.8, 4) is 0 Å². The number of carbonyl (C=O) groups is 2. The van der Waals surface area contributed by atoms with E-state index in [1.54, 1.807) is 4.90 Å². The van der Waals surface area contributed by atoms with Crippen LogP contribution in [-0.4, -0.2) is 122 Å². The number of rotatable bonds is 11. The van der Waals surface area contributed by atoms with E-state index in [9.17, 15) is 19.8 Å². The normalized spacial score (nSPS) is 51.4. The van der Waals surface area contributed by atoms with Crippen LogP contribution >= 0.6 is 0 Å². The number of carbonyl (C=O) groups excluding carboxylic acids is 2. The van der Waals surface area contributed by atoms with Crippen molar-refractivity contribution in [1.29, 1.82) is 0 Å². The number of aliphatic hydroxyl groups is 2. The van der Waals surface area contributed by atoms with Gasteiger partial charge in [0.05, 0.1) is 42.7 Å². The molecule has 4 aliphatic heterocycles. The summed E-state index contributed by atoms with van der Waals surface area (Å²) in [4.78, 5) is 29.6. The lowest BCUT2D eigenvalue weighted by Gasteiger charge is -2.64. The van der Waals surface area contributed by atoms with Gasteiger partial charge in [-0.2, -0.15) is 0 Å². The molecule has 2 unspecified atom stereocenters. The minimum absolute atomic E-state index is 0.0269. The molecule has 87 heavy (non-hydrogen) atoms. The van der Waals surface area contributed by atoms with E-state index in [0.717, 1.165) is 113 Å². The third kappa shape index (κ3) is 8.43. The van der Waals surface area contributed by atoms with E-state index < -0.39 is 20.5 Å². The molecule has 0 aromatic heterocycles. The SMILES string of the molecule is C=C(C)[C@@H](OC(=O)N1CCC1)[C@H]1C[C@@H](C)[C@H]2[C@H](O1)[C@H](O[Si](CC)(CC)CC)[C@@]1(C)[C@@H]3CC[C@H]4C(C)(C)[C@@H](C)CCC45C[C@@]35CC[C@]21C.CC(C)[C@@H](OC(=O)N1CCC1)[C@H]1C[C@@H](C)[C@H]2[C@H](O1)[C@H](O)[C@@]1(C)[C@@H]3CC[C@H]4C(C)(C)[C@@H](O)CCC45C[C@@]35CC[C@]21C. The zero-order chi connectivity index (χ0) is 62.6. The fraction of sp³-hybridized carbons (Fsp3) is 0.947. The molecule has 10 aliphatic carbocycles. The van der Waals surface area contributed by atoms with Crippen LogP contribution in [0, 0.1) is 113 Å². The number of hydrogen-bond acceptors (Lipinski definition) is 9. The van der Waals surface area contributed by atoms with Crippen molar-refractivity contribution in [2.24, 2.45) is 113 Å². The van der Waals surface area contributed by atoms with E-state index in [0.29, 0.717) is 68.5 Å². The molecule has 14 rings (SSSR count). The monoisotopic (exact) mass is 1220 g/mol. The van der Waals surface area contributed by atoms with Gasteiger partial charge in [-0.3, -0.25) is 0 Å². The predicted molar refractivity (Wildman–Crippen MR) is 346 cm³/mol. The molecule has 4 heterocycles. The Labute approximate surface area is 528 Å². The molecule has 12 heteroatoms. The zero-order valence-electron chi connectivity index (χ0n) is 58.0. The lowest BCUT2D eigenvalue weighted by atomic mass is 9.41. The number of ether oxygens (including phenoxy) is 4. The summed E-state index contributed by atoms with van der Waals surface area (Å²) in [6, 6.07) is 3.49. The number of amides is 2. The van der Waals surface area contributed by atoms with Crippen molar-refractivity contribution >= 4 is 20.5 Å². The van der Waals surface area contributed by atoms with Gasteiger partial charge in [0.25, 0.3) is 0 Å². The molecule has 2 N–H and O–H groups in total. The molecule has 14 aliphatic rings. The molecular formula is C75H124N2O9Si. The van der Waals surface area contributed by atoms with E-state index >= 15 is 0 Å². The lowest BCUT2D eigenvalue weighted by Crippen LogP contribution is -2.60. The van der Waals surface area contributed by atoms with Crippen LogP contribution in [0.15, 0.2) is 12.2 Å². The van der Waals surface area contributed by atoms with Crippen LogP contribution in [0.25, 0.3) is 0 Å². The highest BCUT2D eigenvalue weighted by Gasteiger charge is 2.87. The lowest BCUT2D eigenvalue weighted by molar-refractivity contribution is -0.185. The average molecular weight is 1230 g/mol. The maximum atomic E-state index is 13.1. The highest BCUT2D eigenvalue weighted by molar-refractivity contribution is 6.73.